The molecule has 2 rings (SSSR count). The zero-order chi connectivity index (χ0) is 15.1. The van der Waals surface area contributed by atoms with Crippen molar-refractivity contribution in [2.24, 2.45) is 0 Å². The third-order valence-corrected chi connectivity index (χ3v) is 3.69. The molecule has 1 amide bonds. The highest BCUT2D eigenvalue weighted by atomic mass is 127. The number of rotatable bonds is 6. The number of hydrogen-bond acceptors (Lipinski definition) is 2. The van der Waals surface area contributed by atoms with Gasteiger partial charge in [-0.15, -0.1) is 0 Å². The Balaban J connectivity index is 1.93. The molecule has 0 unspecified atom stereocenters. The van der Waals surface area contributed by atoms with Crippen LogP contribution in [0.5, 0.6) is 5.75 Å². The van der Waals surface area contributed by atoms with Gasteiger partial charge < -0.3 is 10.1 Å². The Hall–Kier alpha value is -1.56. The predicted octanol–water partition coefficient (Wildman–Crippen LogP) is 3.86. The van der Waals surface area contributed by atoms with Crippen LogP contribution in [0.1, 0.15) is 13.3 Å². The number of ether oxygens (including phenoxy) is 1. The van der Waals surface area contributed by atoms with Gasteiger partial charge in [0.15, 0.2) is 6.61 Å². The maximum absolute atomic E-state index is 11.5. The van der Waals surface area contributed by atoms with E-state index in [2.05, 4.69) is 52.2 Å². The minimum absolute atomic E-state index is 0.0584. The topological polar surface area (TPSA) is 38.3 Å². The van der Waals surface area contributed by atoms with Gasteiger partial charge in [0.25, 0.3) is 5.91 Å². The summed E-state index contributed by atoms with van der Waals surface area (Å²) in [6, 6.07) is 16.1. The molecule has 0 fully saturated rings. The van der Waals surface area contributed by atoms with Crippen molar-refractivity contribution < 1.29 is 9.53 Å². The Morgan fingerprint density at radius 1 is 1.05 bits per heavy atom. The molecule has 0 saturated carbocycles. The lowest BCUT2D eigenvalue weighted by Gasteiger charge is -2.08. The van der Waals surface area contributed by atoms with E-state index in [1.807, 2.05) is 31.2 Å². The molecule has 21 heavy (non-hydrogen) atoms. The van der Waals surface area contributed by atoms with Gasteiger partial charge in [-0.1, -0.05) is 31.2 Å². The quantitative estimate of drug-likeness (QED) is 0.755. The van der Waals surface area contributed by atoms with Crippen molar-refractivity contribution in [3.63, 3.8) is 0 Å². The van der Waals surface area contributed by atoms with Crippen LogP contribution in [0.25, 0.3) is 11.1 Å². The van der Waals surface area contributed by atoms with Crippen LogP contribution < -0.4 is 10.1 Å². The number of amides is 1. The van der Waals surface area contributed by atoms with Gasteiger partial charge in [-0.2, -0.15) is 0 Å². The van der Waals surface area contributed by atoms with E-state index in [1.165, 1.54) is 9.13 Å². The molecule has 110 valence electrons. The molecule has 0 aliphatic rings. The van der Waals surface area contributed by atoms with Crippen LogP contribution in [-0.4, -0.2) is 19.1 Å². The Kier molecular flexibility index (Phi) is 6.04. The summed E-state index contributed by atoms with van der Waals surface area (Å²) in [5.41, 5.74) is 2.30. The molecule has 3 nitrogen and oxygen atoms in total. The Labute approximate surface area is 138 Å². The predicted molar refractivity (Wildman–Crippen MR) is 93.4 cm³/mol. The van der Waals surface area contributed by atoms with E-state index in [1.54, 1.807) is 0 Å². The van der Waals surface area contributed by atoms with Gasteiger partial charge in [-0.3, -0.25) is 4.79 Å². The van der Waals surface area contributed by atoms with Gasteiger partial charge in [0, 0.05) is 10.1 Å². The lowest BCUT2D eigenvalue weighted by molar-refractivity contribution is -0.123. The van der Waals surface area contributed by atoms with Gasteiger partial charge >= 0.3 is 0 Å². The summed E-state index contributed by atoms with van der Waals surface area (Å²) < 4.78 is 6.68. The van der Waals surface area contributed by atoms with Gasteiger partial charge in [-0.05, 0) is 64.4 Å². The normalized spacial score (nSPS) is 10.2. The highest BCUT2D eigenvalue weighted by Gasteiger charge is 2.02. The number of carbonyl (C=O) groups is 1. The Morgan fingerprint density at radius 3 is 2.19 bits per heavy atom. The minimum Gasteiger partial charge on any atom is -0.484 e. The molecule has 0 aliphatic heterocycles. The largest absolute Gasteiger partial charge is 0.484 e. The fraction of sp³-hybridized carbons (Fsp3) is 0.235. The highest BCUT2D eigenvalue weighted by Crippen LogP contribution is 2.23. The summed E-state index contributed by atoms with van der Waals surface area (Å²) >= 11 is 2.29. The zero-order valence-electron chi connectivity index (χ0n) is 11.9. The molecule has 0 atom stereocenters. The van der Waals surface area contributed by atoms with Crippen molar-refractivity contribution in [3.05, 3.63) is 52.1 Å². The van der Waals surface area contributed by atoms with E-state index in [0.717, 1.165) is 12.0 Å². The smallest absolute Gasteiger partial charge is 0.257 e. The first kappa shape index (κ1) is 15.8. The van der Waals surface area contributed by atoms with Crippen LogP contribution in [0.2, 0.25) is 0 Å². The summed E-state index contributed by atoms with van der Waals surface area (Å²) in [6.07, 6.45) is 0.927. The summed E-state index contributed by atoms with van der Waals surface area (Å²) in [4.78, 5) is 11.5. The molecule has 2 aromatic carbocycles. The number of nitrogens with one attached hydrogen (secondary N) is 1. The average molecular weight is 395 g/mol. The molecule has 0 saturated heterocycles. The summed E-state index contributed by atoms with van der Waals surface area (Å²) in [7, 11) is 0. The van der Waals surface area contributed by atoms with Crippen molar-refractivity contribution in [1.29, 1.82) is 0 Å². The first-order chi connectivity index (χ1) is 10.2. The SMILES string of the molecule is CCCNC(=O)COc1ccc(-c2ccc(I)cc2)cc1. The van der Waals surface area contributed by atoms with E-state index < -0.39 is 0 Å². The maximum atomic E-state index is 11.5. The molecule has 1 N–H and O–H groups in total. The van der Waals surface area contributed by atoms with E-state index in [0.29, 0.717) is 12.3 Å². The second-order valence-corrected chi connectivity index (χ2v) is 5.92. The van der Waals surface area contributed by atoms with Crippen LogP contribution >= 0.6 is 22.6 Å². The van der Waals surface area contributed by atoms with Crippen molar-refractivity contribution in [2.45, 2.75) is 13.3 Å². The summed E-state index contributed by atoms with van der Waals surface area (Å²) in [5, 5.41) is 2.78. The van der Waals surface area contributed by atoms with Crippen LogP contribution in [-0.2, 0) is 4.79 Å². The van der Waals surface area contributed by atoms with E-state index in [-0.39, 0.29) is 12.5 Å². The monoisotopic (exact) mass is 395 g/mol. The lowest BCUT2D eigenvalue weighted by Crippen LogP contribution is -2.29. The van der Waals surface area contributed by atoms with Crippen molar-refractivity contribution in [2.75, 3.05) is 13.2 Å². The fourth-order valence-electron chi connectivity index (χ4n) is 1.85. The highest BCUT2D eigenvalue weighted by molar-refractivity contribution is 14.1. The standard InChI is InChI=1S/C17H18INO2/c1-2-11-19-17(20)12-21-16-9-5-14(6-10-16)13-3-7-15(18)8-4-13/h3-10H,2,11-12H2,1H3,(H,19,20). The minimum atomic E-state index is -0.0847. The van der Waals surface area contributed by atoms with Gasteiger partial charge in [0.1, 0.15) is 5.75 Å². The van der Waals surface area contributed by atoms with Crippen molar-refractivity contribution >= 4 is 28.5 Å². The van der Waals surface area contributed by atoms with Crippen molar-refractivity contribution in [1.82, 2.24) is 5.32 Å². The van der Waals surface area contributed by atoms with E-state index in [4.69, 9.17) is 4.74 Å². The number of benzene rings is 2. The van der Waals surface area contributed by atoms with Crippen LogP contribution in [0, 0.1) is 3.57 Å². The number of halogens is 1. The summed E-state index contributed by atoms with van der Waals surface area (Å²) in [5.74, 6) is 0.620. The zero-order valence-corrected chi connectivity index (χ0v) is 14.1. The van der Waals surface area contributed by atoms with Crippen molar-refractivity contribution in [3.8, 4) is 16.9 Å². The first-order valence-electron chi connectivity index (χ1n) is 6.94. The Bertz CT molecular complexity index is 579. The molecule has 2 aromatic rings. The lowest BCUT2D eigenvalue weighted by atomic mass is 10.1. The molecule has 4 heteroatoms. The molecule has 0 bridgehead atoms. The van der Waals surface area contributed by atoms with Crippen LogP contribution in [0.15, 0.2) is 48.5 Å². The molecule has 0 heterocycles. The first-order valence-corrected chi connectivity index (χ1v) is 8.02. The van der Waals surface area contributed by atoms with E-state index >= 15 is 0 Å². The van der Waals surface area contributed by atoms with Gasteiger partial charge in [0.2, 0.25) is 0 Å². The molecule has 0 aliphatic carbocycles. The fourth-order valence-corrected chi connectivity index (χ4v) is 2.21. The molecular formula is C17H18INO2. The third-order valence-electron chi connectivity index (χ3n) is 2.97. The van der Waals surface area contributed by atoms with E-state index in [9.17, 15) is 4.79 Å². The molecule has 0 radical (unpaired) electrons. The van der Waals surface area contributed by atoms with Gasteiger partial charge in [-0.25, -0.2) is 0 Å². The molecule has 0 spiro atoms. The number of carbonyl (C=O) groups excluding carboxylic acids is 1. The Morgan fingerprint density at radius 2 is 1.62 bits per heavy atom. The second-order valence-electron chi connectivity index (χ2n) is 4.67. The maximum Gasteiger partial charge on any atom is 0.257 e. The molecule has 0 aromatic heterocycles. The molecular weight excluding hydrogens is 377 g/mol. The van der Waals surface area contributed by atoms with Gasteiger partial charge in [0.05, 0.1) is 0 Å². The third kappa shape index (κ3) is 5.04. The van der Waals surface area contributed by atoms with Crippen LogP contribution in [0.3, 0.4) is 0 Å². The van der Waals surface area contributed by atoms with Crippen LogP contribution in [0.4, 0.5) is 0 Å². The number of hydrogen-bond donors (Lipinski definition) is 1. The second kappa shape index (κ2) is 8.02. The average Bonchev–Trinajstić information content (AvgIpc) is 2.52. The summed E-state index contributed by atoms with van der Waals surface area (Å²) in [6.45, 7) is 2.77.